The molecule has 0 bridgehead atoms. The van der Waals surface area contributed by atoms with E-state index in [-0.39, 0.29) is 0 Å². The fraction of sp³-hybridized carbons (Fsp3) is 0.471. The summed E-state index contributed by atoms with van der Waals surface area (Å²) < 4.78 is 2.26. The second kappa shape index (κ2) is 5.80. The standard InChI is InChI=1S/C17H23N3/c1-13-6-7-15(14(2)10-13)11-19-16-4-3-5-17(16)20-9-8-18-12-20/h6-10,12,16-17,19H,3-5,11H2,1-2H3. The largest absolute Gasteiger partial charge is 0.333 e. The molecule has 3 rings (SSSR count). The molecule has 0 radical (unpaired) electrons. The smallest absolute Gasteiger partial charge is 0.0949 e. The minimum absolute atomic E-state index is 0.559. The quantitative estimate of drug-likeness (QED) is 0.922. The average Bonchev–Trinajstić information content (AvgIpc) is 3.08. The Morgan fingerprint density at radius 1 is 1.30 bits per heavy atom. The highest BCUT2D eigenvalue weighted by atomic mass is 15.1. The van der Waals surface area contributed by atoms with E-state index in [1.807, 2.05) is 12.5 Å². The van der Waals surface area contributed by atoms with E-state index in [2.05, 4.69) is 53.1 Å². The van der Waals surface area contributed by atoms with Gasteiger partial charge >= 0.3 is 0 Å². The van der Waals surface area contributed by atoms with Crippen LogP contribution in [0, 0.1) is 13.8 Å². The van der Waals surface area contributed by atoms with Gasteiger partial charge in [0.15, 0.2) is 0 Å². The van der Waals surface area contributed by atoms with Crippen molar-refractivity contribution in [3.8, 4) is 0 Å². The van der Waals surface area contributed by atoms with Crippen LogP contribution in [0.1, 0.15) is 42.0 Å². The third-order valence-corrected chi connectivity index (χ3v) is 4.44. The fourth-order valence-electron chi connectivity index (χ4n) is 3.29. The zero-order valence-electron chi connectivity index (χ0n) is 12.3. The SMILES string of the molecule is Cc1ccc(CNC2CCCC2n2ccnc2)c(C)c1. The maximum absolute atomic E-state index is 4.18. The molecule has 0 spiro atoms. The van der Waals surface area contributed by atoms with E-state index in [0.717, 1.165) is 6.54 Å². The first-order valence-corrected chi connectivity index (χ1v) is 7.51. The van der Waals surface area contributed by atoms with Gasteiger partial charge in [-0.3, -0.25) is 0 Å². The minimum atomic E-state index is 0.559. The number of hydrogen-bond acceptors (Lipinski definition) is 2. The van der Waals surface area contributed by atoms with Gasteiger partial charge < -0.3 is 9.88 Å². The number of aryl methyl sites for hydroxylation is 2. The zero-order chi connectivity index (χ0) is 13.9. The van der Waals surface area contributed by atoms with Crippen LogP contribution in [0.3, 0.4) is 0 Å². The Balaban J connectivity index is 1.65. The zero-order valence-corrected chi connectivity index (χ0v) is 12.3. The highest BCUT2D eigenvalue weighted by molar-refractivity contribution is 5.30. The first-order valence-electron chi connectivity index (χ1n) is 7.51. The number of nitrogens with one attached hydrogen (secondary N) is 1. The number of imidazole rings is 1. The molecule has 1 fully saturated rings. The van der Waals surface area contributed by atoms with Gasteiger partial charge in [-0.25, -0.2) is 4.98 Å². The summed E-state index contributed by atoms with van der Waals surface area (Å²) in [5.74, 6) is 0. The predicted molar refractivity (Wildman–Crippen MR) is 81.7 cm³/mol. The van der Waals surface area contributed by atoms with Gasteiger partial charge in [0.25, 0.3) is 0 Å². The van der Waals surface area contributed by atoms with Crippen LogP contribution < -0.4 is 5.32 Å². The number of benzene rings is 1. The molecule has 1 aliphatic rings. The second-order valence-corrected chi connectivity index (χ2v) is 5.93. The van der Waals surface area contributed by atoms with Gasteiger partial charge in [-0.15, -0.1) is 0 Å². The molecule has 20 heavy (non-hydrogen) atoms. The first-order chi connectivity index (χ1) is 9.74. The number of hydrogen-bond donors (Lipinski definition) is 1. The van der Waals surface area contributed by atoms with Crippen molar-refractivity contribution >= 4 is 0 Å². The van der Waals surface area contributed by atoms with E-state index < -0.39 is 0 Å². The van der Waals surface area contributed by atoms with Crippen LogP contribution in [0.25, 0.3) is 0 Å². The minimum Gasteiger partial charge on any atom is -0.333 e. The monoisotopic (exact) mass is 269 g/mol. The van der Waals surface area contributed by atoms with Gasteiger partial charge in [-0.05, 0) is 44.2 Å². The lowest BCUT2D eigenvalue weighted by molar-refractivity contribution is 0.390. The lowest BCUT2D eigenvalue weighted by Gasteiger charge is -2.22. The van der Waals surface area contributed by atoms with Crippen molar-refractivity contribution in [2.75, 3.05) is 0 Å². The van der Waals surface area contributed by atoms with Crippen molar-refractivity contribution in [1.29, 1.82) is 0 Å². The Morgan fingerprint density at radius 2 is 2.20 bits per heavy atom. The number of nitrogens with zero attached hydrogens (tertiary/aromatic N) is 2. The summed E-state index contributed by atoms with van der Waals surface area (Å²) in [5, 5.41) is 3.75. The molecular weight excluding hydrogens is 246 g/mol. The van der Waals surface area contributed by atoms with Crippen LogP contribution in [-0.2, 0) is 6.54 Å². The van der Waals surface area contributed by atoms with Crippen molar-refractivity contribution in [3.05, 3.63) is 53.6 Å². The van der Waals surface area contributed by atoms with Crippen LogP contribution >= 0.6 is 0 Å². The Hall–Kier alpha value is -1.61. The highest BCUT2D eigenvalue weighted by Crippen LogP contribution is 2.30. The van der Waals surface area contributed by atoms with E-state index in [0.29, 0.717) is 12.1 Å². The van der Waals surface area contributed by atoms with E-state index in [9.17, 15) is 0 Å². The number of rotatable bonds is 4. The van der Waals surface area contributed by atoms with Gasteiger partial charge in [-0.1, -0.05) is 23.8 Å². The Morgan fingerprint density at radius 3 is 2.95 bits per heavy atom. The molecule has 1 aliphatic carbocycles. The fourth-order valence-corrected chi connectivity index (χ4v) is 3.29. The second-order valence-electron chi connectivity index (χ2n) is 5.93. The molecule has 106 valence electrons. The number of aromatic nitrogens is 2. The van der Waals surface area contributed by atoms with Crippen molar-refractivity contribution < 1.29 is 0 Å². The summed E-state index contributed by atoms with van der Waals surface area (Å²) in [4.78, 5) is 4.18. The third kappa shape index (κ3) is 2.78. The molecule has 3 heteroatoms. The Bertz CT molecular complexity index is 560. The molecule has 2 aromatic rings. The van der Waals surface area contributed by atoms with Gasteiger partial charge in [0, 0.05) is 31.0 Å². The summed E-state index contributed by atoms with van der Waals surface area (Å²) in [6.07, 6.45) is 9.71. The van der Waals surface area contributed by atoms with E-state index in [1.165, 1.54) is 36.0 Å². The molecule has 1 aromatic heterocycles. The van der Waals surface area contributed by atoms with Crippen LogP contribution in [0.2, 0.25) is 0 Å². The van der Waals surface area contributed by atoms with Gasteiger partial charge in [0.05, 0.1) is 6.33 Å². The maximum Gasteiger partial charge on any atom is 0.0949 e. The molecule has 0 saturated heterocycles. The molecule has 1 saturated carbocycles. The maximum atomic E-state index is 4.18. The Labute approximate surface area is 121 Å². The highest BCUT2D eigenvalue weighted by Gasteiger charge is 2.27. The average molecular weight is 269 g/mol. The summed E-state index contributed by atoms with van der Waals surface area (Å²) in [6.45, 7) is 5.31. The van der Waals surface area contributed by atoms with Crippen molar-refractivity contribution in [1.82, 2.24) is 14.9 Å². The van der Waals surface area contributed by atoms with Crippen LogP contribution in [0.5, 0.6) is 0 Å². The van der Waals surface area contributed by atoms with E-state index in [1.54, 1.807) is 0 Å². The predicted octanol–water partition coefficient (Wildman–Crippen LogP) is 3.38. The lowest BCUT2D eigenvalue weighted by atomic mass is 10.0. The summed E-state index contributed by atoms with van der Waals surface area (Å²) in [7, 11) is 0. The van der Waals surface area contributed by atoms with Crippen LogP contribution in [0.4, 0.5) is 0 Å². The van der Waals surface area contributed by atoms with Crippen LogP contribution in [-0.4, -0.2) is 15.6 Å². The third-order valence-electron chi connectivity index (χ3n) is 4.44. The summed E-state index contributed by atoms with van der Waals surface area (Å²) in [5.41, 5.74) is 4.13. The molecular formula is C17H23N3. The molecule has 1 N–H and O–H groups in total. The molecule has 0 aliphatic heterocycles. The molecule has 1 aromatic carbocycles. The molecule has 2 atom stereocenters. The van der Waals surface area contributed by atoms with Crippen molar-refractivity contribution in [2.24, 2.45) is 0 Å². The lowest BCUT2D eigenvalue weighted by Crippen LogP contribution is -2.33. The van der Waals surface area contributed by atoms with Crippen molar-refractivity contribution in [3.63, 3.8) is 0 Å². The molecule has 0 amide bonds. The van der Waals surface area contributed by atoms with Gasteiger partial charge in [0.2, 0.25) is 0 Å². The van der Waals surface area contributed by atoms with Crippen LogP contribution in [0.15, 0.2) is 36.9 Å². The van der Waals surface area contributed by atoms with Gasteiger partial charge in [-0.2, -0.15) is 0 Å². The summed E-state index contributed by atoms with van der Waals surface area (Å²) >= 11 is 0. The molecule has 2 unspecified atom stereocenters. The normalized spacial score (nSPS) is 22.3. The topological polar surface area (TPSA) is 29.9 Å². The molecule has 1 heterocycles. The first kappa shape index (κ1) is 13.4. The van der Waals surface area contributed by atoms with Gasteiger partial charge in [0.1, 0.15) is 0 Å². The Kier molecular flexibility index (Phi) is 3.88. The van der Waals surface area contributed by atoms with E-state index >= 15 is 0 Å². The summed E-state index contributed by atoms with van der Waals surface area (Å²) in [6, 6.07) is 7.83. The van der Waals surface area contributed by atoms with Crippen molar-refractivity contribution in [2.45, 2.75) is 51.7 Å². The van der Waals surface area contributed by atoms with E-state index in [4.69, 9.17) is 0 Å². The molecule has 3 nitrogen and oxygen atoms in total.